The number of carbonyl (C=O) groups is 2. The predicted molar refractivity (Wildman–Crippen MR) is 112 cm³/mol. The Kier molecular flexibility index (Phi) is 7.08. The minimum absolute atomic E-state index is 0.238. The van der Waals surface area contributed by atoms with Crippen LogP contribution < -0.4 is 14.8 Å². The molecule has 1 aliphatic rings. The second-order valence-corrected chi connectivity index (χ2v) is 6.99. The van der Waals surface area contributed by atoms with Gasteiger partial charge in [0.15, 0.2) is 23.3 Å². The summed E-state index contributed by atoms with van der Waals surface area (Å²) in [6.45, 7) is 1.99. The van der Waals surface area contributed by atoms with E-state index in [1.165, 1.54) is 43.1 Å². The van der Waals surface area contributed by atoms with Crippen molar-refractivity contribution in [3.8, 4) is 11.5 Å². The first kappa shape index (κ1) is 21.4. The van der Waals surface area contributed by atoms with Crippen LogP contribution in [-0.4, -0.2) is 37.4 Å². The molecule has 0 bridgehead atoms. The molecular formula is C21H19FN2O5S. The highest BCUT2D eigenvalue weighted by molar-refractivity contribution is 8.18. The number of rotatable bonds is 7. The zero-order valence-electron chi connectivity index (χ0n) is 16.3. The van der Waals surface area contributed by atoms with Gasteiger partial charge in [-0.15, -0.1) is 0 Å². The van der Waals surface area contributed by atoms with E-state index in [4.69, 9.17) is 9.47 Å². The Labute approximate surface area is 176 Å². The molecule has 0 spiro atoms. The normalized spacial score (nSPS) is 15.9. The molecule has 1 aliphatic heterocycles. The van der Waals surface area contributed by atoms with Gasteiger partial charge in [0.2, 0.25) is 0 Å². The summed E-state index contributed by atoms with van der Waals surface area (Å²) in [6, 6.07) is 10.8. The number of ether oxygens (including phenoxy) is 3. The number of nitrogens with one attached hydrogen (secondary N) is 1. The Balaban J connectivity index is 1.78. The Morgan fingerprint density at radius 1 is 1.17 bits per heavy atom. The number of amides is 1. The summed E-state index contributed by atoms with van der Waals surface area (Å²) in [5.41, 5.74) is 1.25. The molecule has 1 N–H and O–H groups in total. The highest BCUT2D eigenvalue weighted by Gasteiger charge is 2.24. The van der Waals surface area contributed by atoms with E-state index >= 15 is 0 Å². The number of benzene rings is 2. The minimum Gasteiger partial charge on any atom is -0.490 e. The van der Waals surface area contributed by atoms with Gasteiger partial charge in [0.1, 0.15) is 5.82 Å². The number of hydrogen-bond acceptors (Lipinski definition) is 7. The average molecular weight is 430 g/mol. The van der Waals surface area contributed by atoms with E-state index in [0.29, 0.717) is 39.4 Å². The third-order valence-corrected chi connectivity index (χ3v) is 4.76. The summed E-state index contributed by atoms with van der Waals surface area (Å²) >= 11 is 1.18. The fraction of sp³-hybridized carbons (Fsp3) is 0.190. The third-order valence-electron chi connectivity index (χ3n) is 3.85. The summed E-state index contributed by atoms with van der Waals surface area (Å²) in [4.78, 5) is 28.3. The van der Waals surface area contributed by atoms with Crippen molar-refractivity contribution in [2.45, 2.75) is 6.92 Å². The molecule has 7 nitrogen and oxygen atoms in total. The quantitative estimate of drug-likeness (QED) is 0.533. The second kappa shape index (κ2) is 9.93. The van der Waals surface area contributed by atoms with Crippen LogP contribution in [0, 0.1) is 5.82 Å². The number of amidine groups is 1. The maximum Gasteiger partial charge on any atom is 0.343 e. The van der Waals surface area contributed by atoms with Crippen LogP contribution >= 0.6 is 11.8 Å². The first-order valence-corrected chi connectivity index (χ1v) is 9.81. The van der Waals surface area contributed by atoms with Crippen molar-refractivity contribution in [1.29, 1.82) is 0 Å². The van der Waals surface area contributed by atoms with Crippen LogP contribution in [0.5, 0.6) is 11.5 Å². The molecule has 3 rings (SSSR count). The van der Waals surface area contributed by atoms with Gasteiger partial charge >= 0.3 is 5.97 Å². The summed E-state index contributed by atoms with van der Waals surface area (Å²) in [6.07, 6.45) is 1.69. The van der Waals surface area contributed by atoms with E-state index in [0.717, 1.165) is 0 Å². The molecule has 0 saturated carbocycles. The van der Waals surface area contributed by atoms with Crippen molar-refractivity contribution in [2.24, 2.45) is 4.99 Å². The first-order chi connectivity index (χ1) is 14.5. The van der Waals surface area contributed by atoms with Crippen LogP contribution in [0.15, 0.2) is 52.4 Å². The Bertz CT molecular complexity index is 1000. The first-order valence-electron chi connectivity index (χ1n) is 9.00. The Hall–Kier alpha value is -3.33. The van der Waals surface area contributed by atoms with Gasteiger partial charge in [0.25, 0.3) is 5.91 Å². The number of aliphatic imine (C=N–C) groups is 1. The molecular weight excluding hydrogens is 411 g/mol. The van der Waals surface area contributed by atoms with Gasteiger partial charge < -0.3 is 19.5 Å². The molecule has 1 saturated heterocycles. The molecule has 0 radical (unpaired) electrons. The Morgan fingerprint density at radius 3 is 2.63 bits per heavy atom. The summed E-state index contributed by atoms with van der Waals surface area (Å²) in [7, 11) is 1.28. The van der Waals surface area contributed by atoms with Crippen LogP contribution in [0.4, 0.5) is 10.1 Å². The van der Waals surface area contributed by atoms with Crippen molar-refractivity contribution in [2.75, 3.05) is 20.3 Å². The molecule has 30 heavy (non-hydrogen) atoms. The van der Waals surface area contributed by atoms with Crippen molar-refractivity contribution in [3.63, 3.8) is 0 Å². The van der Waals surface area contributed by atoms with Crippen molar-refractivity contribution >= 4 is 40.6 Å². The molecule has 2 aromatic carbocycles. The average Bonchev–Trinajstić information content (AvgIpc) is 3.07. The van der Waals surface area contributed by atoms with Gasteiger partial charge in [-0.25, -0.2) is 14.2 Å². The van der Waals surface area contributed by atoms with E-state index in [2.05, 4.69) is 15.0 Å². The van der Waals surface area contributed by atoms with Crippen LogP contribution in [0.25, 0.3) is 6.08 Å². The van der Waals surface area contributed by atoms with Crippen molar-refractivity contribution < 1.29 is 28.2 Å². The molecule has 1 amide bonds. The smallest absolute Gasteiger partial charge is 0.343 e. The highest BCUT2D eigenvalue weighted by Crippen LogP contribution is 2.32. The number of methoxy groups -OCH3 is 1. The van der Waals surface area contributed by atoms with Crippen LogP contribution in [0.3, 0.4) is 0 Å². The molecule has 2 aromatic rings. The number of carbonyl (C=O) groups excluding carboxylic acids is 2. The van der Waals surface area contributed by atoms with Crippen molar-refractivity contribution in [3.05, 3.63) is 58.8 Å². The maximum atomic E-state index is 13.0. The summed E-state index contributed by atoms with van der Waals surface area (Å²) < 4.78 is 28.6. The minimum atomic E-state index is -0.504. The maximum absolute atomic E-state index is 13.0. The molecule has 0 aliphatic carbocycles. The zero-order chi connectivity index (χ0) is 21.5. The van der Waals surface area contributed by atoms with Crippen LogP contribution in [0.1, 0.15) is 12.5 Å². The SMILES string of the molecule is CCOc1cc(/C=C2\SC(=Nc3ccc(F)cc3)NC2=O)ccc1OCC(=O)OC. The number of hydrogen-bond donors (Lipinski definition) is 1. The highest BCUT2D eigenvalue weighted by atomic mass is 32.2. The molecule has 0 aromatic heterocycles. The fourth-order valence-electron chi connectivity index (χ4n) is 2.46. The zero-order valence-corrected chi connectivity index (χ0v) is 17.1. The van der Waals surface area contributed by atoms with E-state index in [-0.39, 0.29) is 18.3 Å². The predicted octanol–water partition coefficient (Wildman–Crippen LogP) is 3.67. The summed E-state index contributed by atoms with van der Waals surface area (Å²) in [5, 5.41) is 3.09. The molecule has 1 heterocycles. The molecule has 0 unspecified atom stereocenters. The van der Waals surface area contributed by atoms with Crippen LogP contribution in [0.2, 0.25) is 0 Å². The third kappa shape index (κ3) is 5.60. The van der Waals surface area contributed by atoms with E-state index in [9.17, 15) is 14.0 Å². The van der Waals surface area contributed by atoms with Gasteiger partial charge in [-0.05, 0) is 66.7 Å². The van der Waals surface area contributed by atoms with Gasteiger partial charge in [0, 0.05) is 0 Å². The van der Waals surface area contributed by atoms with Crippen molar-refractivity contribution in [1.82, 2.24) is 5.32 Å². The standard InChI is InChI=1S/C21H19FN2O5S/c1-3-28-17-10-13(4-9-16(17)29-12-19(25)27-2)11-18-20(26)24-21(30-18)23-15-7-5-14(22)6-8-15/h4-11H,3,12H2,1-2H3,(H,23,24,26)/b18-11-. The second-order valence-electron chi connectivity index (χ2n) is 5.96. The molecule has 1 fully saturated rings. The van der Waals surface area contributed by atoms with E-state index in [1.54, 1.807) is 24.3 Å². The number of nitrogens with zero attached hydrogens (tertiary/aromatic N) is 1. The lowest BCUT2D eigenvalue weighted by molar-refractivity contribution is -0.142. The van der Waals surface area contributed by atoms with E-state index < -0.39 is 5.97 Å². The Morgan fingerprint density at radius 2 is 1.93 bits per heavy atom. The van der Waals surface area contributed by atoms with Gasteiger partial charge in [-0.1, -0.05) is 6.07 Å². The lowest BCUT2D eigenvalue weighted by atomic mass is 10.2. The largest absolute Gasteiger partial charge is 0.490 e. The topological polar surface area (TPSA) is 86.2 Å². The molecule has 156 valence electrons. The number of esters is 1. The molecule has 0 atom stereocenters. The van der Waals surface area contributed by atoms with Crippen LogP contribution in [-0.2, 0) is 14.3 Å². The number of halogens is 1. The van der Waals surface area contributed by atoms with Gasteiger partial charge in [-0.2, -0.15) is 0 Å². The van der Waals surface area contributed by atoms with E-state index in [1.807, 2.05) is 6.92 Å². The lowest BCUT2D eigenvalue weighted by Gasteiger charge is -2.12. The molecule has 9 heteroatoms. The van der Waals surface area contributed by atoms with Gasteiger partial charge in [-0.3, -0.25) is 4.79 Å². The summed E-state index contributed by atoms with van der Waals surface area (Å²) in [5.74, 6) is -0.307. The number of thioether (sulfide) groups is 1. The van der Waals surface area contributed by atoms with Gasteiger partial charge in [0.05, 0.1) is 24.3 Å². The fourth-order valence-corrected chi connectivity index (χ4v) is 3.30. The lowest BCUT2D eigenvalue weighted by Crippen LogP contribution is -2.19. The monoisotopic (exact) mass is 430 g/mol.